The molecule has 4 heteroatoms. The Bertz CT molecular complexity index is 1380. The number of allylic oxidation sites excluding steroid dienone is 2. The Kier molecular flexibility index (Phi) is 4.85. The molecule has 0 saturated carbocycles. The second kappa shape index (κ2) is 8.02. The fourth-order valence-electron chi connectivity index (χ4n) is 4.88. The molecule has 6 rings (SSSR count). The Morgan fingerprint density at radius 3 is 2.24 bits per heavy atom. The maximum Gasteiger partial charge on any atom is 0.146 e. The van der Waals surface area contributed by atoms with Gasteiger partial charge in [-0.05, 0) is 51.7 Å². The number of fused-ring (bicyclic) bond motifs is 2. The van der Waals surface area contributed by atoms with Crippen LogP contribution >= 0.6 is 11.6 Å². The van der Waals surface area contributed by atoms with Gasteiger partial charge in [0.2, 0.25) is 0 Å². The number of benzene rings is 4. The van der Waals surface area contributed by atoms with Crippen LogP contribution in [0.4, 0.5) is 5.69 Å². The fourth-order valence-corrected chi connectivity index (χ4v) is 5.09. The number of likely N-dealkylation sites (N-methyl/N-ethyl adjacent to an activating group) is 1. The maximum absolute atomic E-state index is 6.62. The van der Waals surface area contributed by atoms with E-state index >= 15 is 0 Å². The van der Waals surface area contributed by atoms with E-state index in [4.69, 9.17) is 11.6 Å². The molecular weight excluding hydrogens is 426 g/mol. The predicted molar refractivity (Wildman–Crippen MR) is 138 cm³/mol. The zero-order valence-electron chi connectivity index (χ0n) is 18.3. The third-order valence-corrected chi connectivity index (χ3v) is 6.88. The van der Waals surface area contributed by atoms with Gasteiger partial charge in [0.15, 0.2) is 0 Å². The topological polar surface area (TPSA) is 18.5 Å². The number of para-hydroxylation sites is 1. The highest BCUT2D eigenvalue weighted by Gasteiger charge is 2.42. The molecule has 0 radical (unpaired) electrons. The van der Waals surface area contributed by atoms with E-state index in [9.17, 15) is 0 Å². The van der Waals surface area contributed by atoms with Gasteiger partial charge in [-0.3, -0.25) is 0 Å². The Balaban J connectivity index is 1.38. The van der Waals surface area contributed by atoms with E-state index in [-0.39, 0.29) is 12.3 Å². The first kappa shape index (κ1) is 20.0. The molecule has 0 spiro atoms. The molecule has 4 aromatic rings. The standard InChI is InChI=1S/C29H24ClN3/c1-32-18-17-26(30)27-29(32)33(25-9-3-2-4-10-25)28(31-27)22-14-11-21(12-15-22)24-16-13-20-7-5-6-8-23(20)19-24/h2-19,28-29,31H,1H3. The molecule has 0 bridgehead atoms. The third-order valence-electron chi connectivity index (χ3n) is 6.55. The lowest BCUT2D eigenvalue weighted by Crippen LogP contribution is -2.43. The van der Waals surface area contributed by atoms with Crippen molar-refractivity contribution in [2.24, 2.45) is 0 Å². The Hall–Kier alpha value is -3.69. The van der Waals surface area contributed by atoms with Crippen LogP contribution in [0.2, 0.25) is 0 Å². The zero-order valence-corrected chi connectivity index (χ0v) is 19.1. The first-order valence-electron chi connectivity index (χ1n) is 11.2. The predicted octanol–water partition coefficient (Wildman–Crippen LogP) is 6.85. The van der Waals surface area contributed by atoms with Crippen molar-refractivity contribution in [1.29, 1.82) is 0 Å². The normalized spacial score (nSPS) is 19.7. The van der Waals surface area contributed by atoms with Crippen molar-refractivity contribution >= 4 is 28.1 Å². The highest BCUT2D eigenvalue weighted by Crippen LogP contribution is 2.40. The molecule has 1 saturated heterocycles. The fraction of sp³-hybridized carbons (Fsp3) is 0.103. The summed E-state index contributed by atoms with van der Waals surface area (Å²) in [5.41, 5.74) is 5.82. The van der Waals surface area contributed by atoms with Gasteiger partial charge >= 0.3 is 0 Å². The molecule has 2 unspecified atom stereocenters. The SMILES string of the molecule is CN1C=CC(Cl)=C2NC(c3ccc(-c4ccc5ccccc5c4)cc3)N(c3ccccc3)C21. The molecule has 2 heterocycles. The first-order chi connectivity index (χ1) is 16.2. The lowest BCUT2D eigenvalue weighted by atomic mass is 9.99. The lowest BCUT2D eigenvalue weighted by molar-refractivity contribution is 0.364. The highest BCUT2D eigenvalue weighted by molar-refractivity contribution is 6.31. The van der Waals surface area contributed by atoms with E-state index in [0.717, 1.165) is 16.4 Å². The Labute approximate surface area is 199 Å². The summed E-state index contributed by atoms with van der Waals surface area (Å²) in [5.74, 6) is 0. The molecule has 0 aliphatic carbocycles. The summed E-state index contributed by atoms with van der Waals surface area (Å²) < 4.78 is 0. The first-order valence-corrected chi connectivity index (χ1v) is 11.6. The molecule has 1 N–H and O–H groups in total. The number of hydrogen-bond acceptors (Lipinski definition) is 3. The number of halogens is 1. The number of nitrogens with zero attached hydrogens (tertiary/aromatic N) is 2. The van der Waals surface area contributed by atoms with Crippen LogP contribution in [0.1, 0.15) is 11.7 Å². The molecule has 2 aliphatic heterocycles. The number of hydrogen-bond donors (Lipinski definition) is 1. The van der Waals surface area contributed by atoms with Gasteiger partial charge in [-0.1, -0.05) is 90.5 Å². The van der Waals surface area contributed by atoms with Crippen molar-refractivity contribution in [3.8, 4) is 11.1 Å². The van der Waals surface area contributed by atoms with Crippen LogP contribution in [-0.4, -0.2) is 18.1 Å². The monoisotopic (exact) mass is 449 g/mol. The van der Waals surface area contributed by atoms with Crippen LogP contribution in [0.5, 0.6) is 0 Å². The molecular formula is C29H24ClN3. The van der Waals surface area contributed by atoms with E-state index in [2.05, 4.69) is 119 Å². The quantitative estimate of drug-likeness (QED) is 0.369. The summed E-state index contributed by atoms with van der Waals surface area (Å²) in [5, 5.41) is 6.98. The Morgan fingerprint density at radius 1 is 0.758 bits per heavy atom. The molecule has 3 nitrogen and oxygen atoms in total. The van der Waals surface area contributed by atoms with Crippen LogP contribution in [0.3, 0.4) is 0 Å². The Morgan fingerprint density at radius 2 is 1.45 bits per heavy atom. The van der Waals surface area contributed by atoms with Crippen LogP contribution < -0.4 is 10.2 Å². The summed E-state index contributed by atoms with van der Waals surface area (Å²) in [6.07, 6.45) is 4.00. The maximum atomic E-state index is 6.62. The van der Waals surface area contributed by atoms with Gasteiger partial charge < -0.3 is 15.1 Å². The molecule has 0 aromatic heterocycles. The minimum absolute atomic E-state index is 0.0193. The van der Waals surface area contributed by atoms with E-state index in [1.807, 2.05) is 12.3 Å². The van der Waals surface area contributed by atoms with Gasteiger partial charge in [0, 0.05) is 18.9 Å². The number of nitrogens with one attached hydrogen (secondary N) is 1. The second-order valence-corrected chi connectivity index (χ2v) is 9.00. The molecule has 1 fully saturated rings. The lowest BCUT2D eigenvalue weighted by Gasteiger charge is -2.36. The van der Waals surface area contributed by atoms with Crippen LogP contribution in [-0.2, 0) is 0 Å². The summed E-state index contributed by atoms with van der Waals surface area (Å²) in [7, 11) is 2.09. The van der Waals surface area contributed by atoms with E-state index < -0.39 is 0 Å². The van der Waals surface area contributed by atoms with Crippen molar-refractivity contribution in [2.75, 3.05) is 11.9 Å². The van der Waals surface area contributed by atoms with Gasteiger partial charge in [-0.15, -0.1) is 0 Å². The van der Waals surface area contributed by atoms with Crippen LogP contribution in [0, 0.1) is 0 Å². The number of rotatable bonds is 3. The van der Waals surface area contributed by atoms with Gasteiger partial charge in [-0.2, -0.15) is 0 Å². The molecule has 0 amide bonds. The van der Waals surface area contributed by atoms with Gasteiger partial charge in [0.25, 0.3) is 0 Å². The van der Waals surface area contributed by atoms with Gasteiger partial charge in [-0.25, -0.2) is 0 Å². The van der Waals surface area contributed by atoms with Crippen LogP contribution in [0.25, 0.3) is 21.9 Å². The summed E-state index contributed by atoms with van der Waals surface area (Å²) in [4.78, 5) is 4.59. The summed E-state index contributed by atoms with van der Waals surface area (Å²) in [6, 6.07) is 34.5. The second-order valence-electron chi connectivity index (χ2n) is 8.59. The average molecular weight is 450 g/mol. The van der Waals surface area contributed by atoms with Crippen LogP contribution in [0.15, 0.2) is 120 Å². The van der Waals surface area contributed by atoms with E-state index in [1.165, 1.54) is 27.5 Å². The summed E-state index contributed by atoms with van der Waals surface area (Å²) >= 11 is 6.62. The molecule has 4 aromatic carbocycles. The third kappa shape index (κ3) is 3.46. The molecule has 2 atom stereocenters. The summed E-state index contributed by atoms with van der Waals surface area (Å²) in [6.45, 7) is 0. The largest absolute Gasteiger partial charge is 0.360 e. The van der Waals surface area contributed by atoms with Crippen molar-refractivity contribution in [3.63, 3.8) is 0 Å². The smallest absolute Gasteiger partial charge is 0.146 e. The zero-order chi connectivity index (χ0) is 22.4. The van der Waals surface area contributed by atoms with Gasteiger partial charge in [0.05, 0.1) is 10.7 Å². The minimum atomic E-state index is -0.0193. The van der Waals surface area contributed by atoms with Crippen molar-refractivity contribution < 1.29 is 0 Å². The number of anilines is 1. The van der Waals surface area contributed by atoms with E-state index in [0.29, 0.717) is 0 Å². The molecule has 2 aliphatic rings. The van der Waals surface area contributed by atoms with Crippen molar-refractivity contribution in [2.45, 2.75) is 12.3 Å². The van der Waals surface area contributed by atoms with Gasteiger partial charge in [0.1, 0.15) is 12.3 Å². The molecule has 162 valence electrons. The molecule has 33 heavy (non-hydrogen) atoms. The van der Waals surface area contributed by atoms with Crippen molar-refractivity contribution in [3.05, 3.63) is 126 Å². The van der Waals surface area contributed by atoms with Crippen molar-refractivity contribution in [1.82, 2.24) is 10.2 Å². The van der Waals surface area contributed by atoms with E-state index in [1.54, 1.807) is 0 Å². The minimum Gasteiger partial charge on any atom is -0.360 e. The highest BCUT2D eigenvalue weighted by atomic mass is 35.5. The average Bonchev–Trinajstić information content (AvgIpc) is 3.29.